The molecule has 0 unspecified atom stereocenters. The van der Waals surface area contributed by atoms with Crippen LogP contribution in [0.1, 0.15) is 5.56 Å². The highest BCUT2D eigenvalue weighted by Gasteiger charge is 2.11. The summed E-state index contributed by atoms with van der Waals surface area (Å²) in [7, 11) is 0. The minimum absolute atomic E-state index is 0.104. The number of thioether (sulfide) groups is 1. The minimum atomic E-state index is -0.323. The number of nitrogens with one attached hydrogen (secondary N) is 2. The van der Waals surface area contributed by atoms with Gasteiger partial charge in [-0.1, -0.05) is 29.5 Å². The van der Waals surface area contributed by atoms with Crippen LogP contribution in [0.3, 0.4) is 0 Å². The van der Waals surface area contributed by atoms with Gasteiger partial charge < -0.3 is 15.4 Å². The van der Waals surface area contributed by atoms with Crippen LogP contribution in [0.15, 0.2) is 40.4 Å². The zero-order valence-electron chi connectivity index (χ0n) is 13.5. The predicted molar refractivity (Wildman–Crippen MR) is 95.8 cm³/mol. The van der Waals surface area contributed by atoms with Crippen LogP contribution in [0, 0.1) is 6.92 Å². The quantitative estimate of drug-likeness (QED) is 0.449. The summed E-state index contributed by atoms with van der Waals surface area (Å²) in [5, 5.41) is 16.5. The van der Waals surface area contributed by atoms with Crippen molar-refractivity contribution in [3.63, 3.8) is 0 Å². The number of aromatic amines is 1. The molecule has 3 N–H and O–H groups in total. The van der Waals surface area contributed by atoms with Crippen molar-refractivity contribution in [1.29, 1.82) is 0 Å². The summed E-state index contributed by atoms with van der Waals surface area (Å²) >= 11 is 1.13. The Balaban J connectivity index is 1.70. The second kappa shape index (κ2) is 7.49. The van der Waals surface area contributed by atoms with E-state index in [9.17, 15) is 9.59 Å². The Kier molecular flexibility index (Phi) is 5.15. The van der Waals surface area contributed by atoms with Crippen molar-refractivity contribution in [3.05, 3.63) is 46.4 Å². The maximum Gasteiger partial charge on any atom is 0.262 e. The normalized spacial score (nSPS) is 11.0. The van der Waals surface area contributed by atoms with Gasteiger partial charge in [0.2, 0.25) is 5.91 Å². The lowest BCUT2D eigenvalue weighted by molar-refractivity contribution is -0.113. The molecule has 3 aromatic rings. The number of aryl methyl sites for hydroxylation is 1. The fourth-order valence-corrected chi connectivity index (χ4v) is 2.90. The summed E-state index contributed by atoms with van der Waals surface area (Å²) in [6, 6.07) is 7.49. The van der Waals surface area contributed by atoms with Gasteiger partial charge in [-0.05, 0) is 19.1 Å². The molecule has 0 aliphatic carbocycles. The van der Waals surface area contributed by atoms with Crippen molar-refractivity contribution in [2.75, 3.05) is 17.7 Å². The Morgan fingerprint density at radius 2 is 2.12 bits per heavy atom. The van der Waals surface area contributed by atoms with Crippen LogP contribution in [0.2, 0.25) is 0 Å². The first-order valence-electron chi connectivity index (χ1n) is 7.63. The second-order valence-corrected chi connectivity index (χ2v) is 6.37. The molecule has 25 heavy (non-hydrogen) atoms. The smallest absolute Gasteiger partial charge is 0.262 e. The maximum absolute atomic E-state index is 12.1. The van der Waals surface area contributed by atoms with Crippen molar-refractivity contribution in [2.45, 2.75) is 18.6 Å². The number of hydrogen-bond donors (Lipinski definition) is 3. The highest BCUT2D eigenvalue weighted by atomic mass is 32.2. The molecule has 0 radical (unpaired) electrons. The van der Waals surface area contributed by atoms with Gasteiger partial charge in [0.25, 0.3) is 5.56 Å². The second-order valence-electron chi connectivity index (χ2n) is 5.40. The molecule has 0 aliphatic heterocycles. The number of aliphatic hydroxyl groups is 1. The van der Waals surface area contributed by atoms with Crippen LogP contribution in [0.25, 0.3) is 11.0 Å². The van der Waals surface area contributed by atoms with E-state index in [-0.39, 0.29) is 30.4 Å². The first-order valence-corrected chi connectivity index (χ1v) is 8.61. The molecular weight excluding hydrogens is 342 g/mol. The van der Waals surface area contributed by atoms with Crippen molar-refractivity contribution in [3.8, 4) is 0 Å². The molecule has 3 rings (SSSR count). The summed E-state index contributed by atoms with van der Waals surface area (Å²) < 4.78 is 1.46. The summed E-state index contributed by atoms with van der Waals surface area (Å²) in [4.78, 5) is 31.1. The highest BCUT2D eigenvalue weighted by Crippen LogP contribution is 2.16. The van der Waals surface area contributed by atoms with E-state index < -0.39 is 0 Å². The monoisotopic (exact) mass is 359 g/mol. The summed E-state index contributed by atoms with van der Waals surface area (Å²) in [6.45, 7) is 2.12. The summed E-state index contributed by atoms with van der Waals surface area (Å²) in [5.41, 5.74) is 1.89. The van der Waals surface area contributed by atoms with Gasteiger partial charge in [-0.15, -0.1) is 0 Å². The third-order valence-corrected chi connectivity index (χ3v) is 4.34. The van der Waals surface area contributed by atoms with Crippen molar-refractivity contribution in [2.24, 2.45) is 0 Å². The molecule has 0 saturated heterocycles. The van der Waals surface area contributed by atoms with Crippen LogP contribution in [0.5, 0.6) is 0 Å². The fraction of sp³-hybridized carbons (Fsp3) is 0.250. The van der Waals surface area contributed by atoms with E-state index in [1.165, 1.54) is 10.9 Å². The standard InChI is InChI=1S/C16H17N5O3S/c1-10-2-4-11(5-3-10)18-13(23)9-25-16-19-14-12(15(24)20-16)8-17-21(14)6-7-22/h2-5,8,22H,6-7,9H2,1H3,(H,18,23)(H,19,20,24). The van der Waals surface area contributed by atoms with Crippen molar-refractivity contribution in [1.82, 2.24) is 19.7 Å². The van der Waals surface area contributed by atoms with E-state index in [4.69, 9.17) is 5.11 Å². The topological polar surface area (TPSA) is 113 Å². The lowest BCUT2D eigenvalue weighted by Gasteiger charge is -2.06. The number of carbonyl (C=O) groups is 1. The van der Waals surface area contributed by atoms with Crippen LogP contribution >= 0.6 is 11.8 Å². The largest absolute Gasteiger partial charge is 0.394 e. The lowest BCUT2D eigenvalue weighted by Crippen LogP contribution is -2.16. The summed E-state index contributed by atoms with van der Waals surface area (Å²) in [6.07, 6.45) is 1.41. The Bertz CT molecular complexity index is 949. The Morgan fingerprint density at radius 1 is 1.36 bits per heavy atom. The predicted octanol–water partition coefficient (Wildman–Crippen LogP) is 1.15. The van der Waals surface area contributed by atoms with Gasteiger partial charge >= 0.3 is 0 Å². The number of amides is 1. The SMILES string of the molecule is Cc1ccc(NC(=O)CSc2nc3c(cnn3CCO)c(=O)[nH]2)cc1. The van der Waals surface area contributed by atoms with E-state index in [0.717, 1.165) is 17.3 Å². The number of fused-ring (bicyclic) bond motifs is 1. The van der Waals surface area contributed by atoms with Crippen LogP contribution in [0.4, 0.5) is 5.69 Å². The average Bonchev–Trinajstić information content (AvgIpc) is 2.99. The molecule has 1 amide bonds. The average molecular weight is 359 g/mol. The third kappa shape index (κ3) is 4.06. The van der Waals surface area contributed by atoms with E-state index in [1.54, 1.807) is 0 Å². The minimum Gasteiger partial charge on any atom is -0.394 e. The molecule has 0 spiro atoms. The zero-order chi connectivity index (χ0) is 17.8. The first kappa shape index (κ1) is 17.2. The lowest BCUT2D eigenvalue weighted by atomic mass is 10.2. The van der Waals surface area contributed by atoms with E-state index in [1.807, 2.05) is 31.2 Å². The van der Waals surface area contributed by atoms with Gasteiger partial charge in [-0.25, -0.2) is 9.67 Å². The molecule has 8 nitrogen and oxygen atoms in total. The molecular formula is C16H17N5O3S. The van der Waals surface area contributed by atoms with E-state index >= 15 is 0 Å². The van der Waals surface area contributed by atoms with Crippen molar-refractivity contribution >= 4 is 34.4 Å². The van der Waals surface area contributed by atoms with E-state index in [0.29, 0.717) is 21.9 Å². The number of rotatable bonds is 6. The number of aromatic nitrogens is 4. The molecule has 2 aromatic heterocycles. The number of nitrogens with zero attached hydrogens (tertiary/aromatic N) is 3. The molecule has 0 fully saturated rings. The molecule has 2 heterocycles. The highest BCUT2D eigenvalue weighted by molar-refractivity contribution is 7.99. The molecule has 1 aromatic carbocycles. The van der Waals surface area contributed by atoms with Gasteiger partial charge in [0.15, 0.2) is 10.8 Å². The van der Waals surface area contributed by atoms with Crippen molar-refractivity contribution < 1.29 is 9.90 Å². The van der Waals surface area contributed by atoms with Crippen LogP contribution < -0.4 is 10.9 Å². The van der Waals surface area contributed by atoms with Crippen LogP contribution in [-0.2, 0) is 11.3 Å². The Morgan fingerprint density at radius 3 is 2.84 bits per heavy atom. The fourth-order valence-electron chi connectivity index (χ4n) is 2.24. The molecule has 9 heteroatoms. The van der Waals surface area contributed by atoms with E-state index in [2.05, 4.69) is 20.4 Å². The van der Waals surface area contributed by atoms with Gasteiger partial charge in [0, 0.05) is 5.69 Å². The molecule has 0 bridgehead atoms. The Hall–Kier alpha value is -2.65. The summed E-state index contributed by atoms with van der Waals surface area (Å²) in [5.74, 6) is -0.0864. The molecule has 130 valence electrons. The zero-order valence-corrected chi connectivity index (χ0v) is 14.3. The van der Waals surface area contributed by atoms with Gasteiger partial charge in [0.05, 0.1) is 25.1 Å². The Labute approximate surface area is 147 Å². The number of anilines is 1. The van der Waals surface area contributed by atoms with Gasteiger partial charge in [0.1, 0.15) is 5.39 Å². The van der Waals surface area contributed by atoms with Crippen LogP contribution in [-0.4, -0.2) is 43.1 Å². The molecule has 0 atom stereocenters. The van der Waals surface area contributed by atoms with Gasteiger partial charge in [-0.2, -0.15) is 5.10 Å². The molecule has 0 aliphatic rings. The van der Waals surface area contributed by atoms with Gasteiger partial charge in [-0.3, -0.25) is 9.59 Å². The maximum atomic E-state index is 12.1. The number of H-pyrrole nitrogens is 1. The number of benzene rings is 1. The molecule has 0 saturated carbocycles. The number of carbonyl (C=O) groups excluding carboxylic acids is 1. The third-order valence-electron chi connectivity index (χ3n) is 3.47. The first-order chi connectivity index (χ1) is 12.1. The number of hydrogen-bond acceptors (Lipinski definition) is 6. The number of aliphatic hydroxyl groups excluding tert-OH is 1.